The van der Waals surface area contributed by atoms with Crippen molar-refractivity contribution < 1.29 is 18.7 Å². The van der Waals surface area contributed by atoms with Gasteiger partial charge in [0.25, 0.3) is 5.91 Å². The maximum absolute atomic E-state index is 13.7. The zero-order chi connectivity index (χ0) is 26.9. The molecule has 1 N–H and O–H groups in total. The van der Waals surface area contributed by atoms with Gasteiger partial charge in [-0.15, -0.1) is 0 Å². The van der Waals surface area contributed by atoms with Crippen LogP contribution in [-0.4, -0.2) is 35.4 Å². The molecule has 3 aromatic rings. The van der Waals surface area contributed by atoms with Gasteiger partial charge in [0.2, 0.25) is 5.91 Å². The molecular weight excluding hydrogens is 526 g/mol. The molecule has 0 spiro atoms. The van der Waals surface area contributed by atoms with Crippen molar-refractivity contribution in [2.75, 3.05) is 6.61 Å². The number of nitrogens with zero attached hydrogens (tertiary/aromatic N) is 1. The van der Waals surface area contributed by atoms with Crippen LogP contribution in [0.4, 0.5) is 4.39 Å². The SMILES string of the molecule is O=C(NC1CCCCC1)C(Cc1ccccc1)N(Cc1ccc(F)cc1)C(=O)COc1ccc(Cl)cc1Cl. The summed E-state index contributed by atoms with van der Waals surface area (Å²) < 4.78 is 19.4. The number of carbonyl (C=O) groups is 2. The van der Waals surface area contributed by atoms with E-state index in [1.807, 2.05) is 30.3 Å². The van der Waals surface area contributed by atoms with E-state index in [2.05, 4.69) is 5.32 Å². The van der Waals surface area contributed by atoms with Gasteiger partial charge in [-0.3, -0.25) is 9.59 Å². The third-order valence-electron chi connectivity index (χ3n) is 6.73. The Labute approximate surface area is 232 Å². The normalized spacial score (nSPS) is 14.5. The zero-order valence-corrected chi connectivity index (χ0v) is 22.6. The number of hydrogen-bond acceptors (Lipinski definition) is 3. The highest BCUT2D eigenvalue weighted by atomic mass is 35.5. The average Bonchev–Trinajstić information content (AvgIpc) is 2.92. The van der Waals surface area contributed by atoms with Gasteiger partial charge in [0.05, 0.1) is 5.02 Å². The van der Waals surface area contributed by atoms with Crippen LogP contribution < -0.4 is 10.1 Å². The van der Waals surface area contributed by atoms with Crippen LogP contribution in [-0.2, 0) is 22.6 Å². The predicted molar refractivity (Wildman–Crippen MR) is 148 cm³/mol. The molecule has 0 bridgehead atoms. The fourth-order valence-electron chi connectivity index (χ4n) is 4.70. The minimum Gasteiger partial charge on any atom is -0.482 e. The van der Waals surface area contributed by atoms with Gasteiger partial charge >= 0.3 is 0 Å². The van der Waals surface area contributed by atoms with Crippen molar-refractivity contribution in [1.82, 2.24) is 10.2 Å². The first kappa shape index (κ1) is 27.9. The van der Waals surface area contributed by atoms with Crippen molar-refractivity contribution in [2.45, 2.75) is 57.2 Å². The monoisotopic (exact) mass is 556 g/mol. The summed E-state index contributed by atoms with van der Waals surface area (Å²) in [5, 5.41) is 3.93. The van der Waals surface area contributed by atoms with E-state index < -0.39 is 6.04 Å². The number of hydrogen-bond donors (Lipinski definition) is 1. The molecule has 1 aliphatic rings. The van der Waals surface area contributed by atoms with Crippen molar-refractivity contribution in [3.05, 3.63) is 99.8 Å². The van der Waals surface area contributed by atoms with Crippen molar-refractivity contribution in [3.63, 3.8) is 0 Å². The van der Waals surface area contributed by atoms with E-state index in [0.717, 1.165) is 31.2 Å². The molecule has 0 radical (unpaired) electrons. The summed E-state index contributed by atoms with van der Waals surface area (Å²) in [5.41, 5.74) is 1.63. The summed E-state index contributed by atoms with van der Waals surface area (Å²) in [7, 11) is 0. The average molecular weight is 557 g/mol. The molecule has 5 nitrogen and oxygen atoms in total. The summed E-state index contributed by atoms with van der Waals surface area (Å²) in [6.07, 6.45) is 5.49. The van der Waals surface area contributed by atoms with Gasteiger partial charge in [-0.2, -0.15) is 0 Å². The Bertz CT molecular complexity index is 1220. The largest absolute Gasteiger partial charge is 0.482 e. The third-order valence-corrected chi connectivity index (χ3v) is 7.26. The topological polar surface area (TPSA) is 58.6 Å². The van der Waals surface area contributed by atoms with Crippen LogP contribution in [0.25, 0.3) is 0 Å². The molecular formula is C30H31Cl2FN2O3. The molecule has 38 heavy (non-hydrogen) atoms. The van der Waals surface area contributed by atoms with Crippen molar-refractivity contribution in [1.29, 1.82) is 0 Å². The smallest absolute Gasteiger partial charge is 0.261 e. The van der Waals surface area contributed by atoms with Crippen LogP contribution in [0.2, 0.25) is 10.0 Å². The van der Waals surface area contributed by atoms with Gasteiger partial charge in [-0.05, 0) is 54.3 Å². The summed E-state index contributed by atoms with van der Waals surface area (Å²) in [4.78, 5) is 28.9. The molecule has 1 fully saturated rings. The van der Waals surface area contributed by atoms with E-state index >= 15 is 0 Å². The van der Waals surface area contributed by atoms with E-state index in [9.17, 15) is 14.0 Å². The summed E-state index contributed by atoms with van der Waals surface area (Å²) in [5.74, 6) is -0.651. The standard InChI is InChI=1S/C30H31Cl2FN2O3/c31-23-13-16-28(26(32)18-23)38-20-29(36)35(19-22-11-14-24(33)15-12-22)27(17-21-7-3-1-4-8-21)30(37)34-25-9-5-2-6-10-25/h1,3-4,7-8,11-16,18,25,27H,2,5-6,9-10,17,19-20H2,(H,34,37). The van der Waals surface area contributed by atoms with Crippen molar-refractivity contribution in [2.24, 2.45) is 0 Å². The quantitative estimate of drug-likeness (QED) is 0.306. The Morgan fingerprint density at radius 1 is 0.947 bits per heavy atom. The second kappa shape index (κ2) is 13.6. The first-order chi connectivity index (χ1) is 18.4. The summed E-state index contributed by atoms with van der Waals surface area (Å²) >= 11 is 12.2. The Balaban J connectivity index is 1.61. The van der Waals surface area contributed by atoms with Gasteiger partial charge in [-0.1, -0.05) is 84.9 Å². The van der Waals surface area contributed by atoms with Crippen molar-refractivity contribution in [3.8, 4) is 5.75 Å². The Hall–Kier alpha value is -3.09. The van der Waals surface area contributed by atoms with Gasteiger partial charge in [0.1, 0.15) is 17.6 Å². The fourth-order valence-corrected chi connectivity index (χ4v) is 5.16. The second-order valence-electron chi connectivity index (χ2n) is 9.56. The molecule has 0 aromatic heterocycles. The maximum atomic E-state index is 13.7. The Kier molecular flexibility index (Phi) is 10.0. The first-order valence-electron chi connectivity index (χ1n) is 12.8. The van der Waals surface area contributed by atoms with Crippen LogP contribution in [0.15, 0.2) is 72.8 Å². The van der Waals surface area contributed by atoms with Crippen LogP contribution in [0.3, 0.4) is 0 Å². The molecule has 0 aliphatic heterocycles. The molecule has 3 aromatic carbocycles. The molecule has 2 amide bonds. The highest BCUT2D eigenvalue weighted by Gasteiger charge is 2.32. The molecule has 0 saturated heterocycles. The van der Waals surface area contributed by atoms with Crippen molar-refractivity contribution >= 4 is 35.0 Å². The lowest BCUT2D eigenvalue weighted by atomic mass is 9.94. The van der Waals surface area contributed by atoms with E-state index in [4.69, 9.17) is 27.9 Å². The Morgan fingerprint density at radius 3 is 2.34 bits per heavy atom. The van der Waals surface area contributed by atoms with Gasteiger partial charge in [0, 0.05) is 24.0 Å². The van der Waals surface area contributed by atoms with Gasteiger partial charge in [0.15, 0.2) is 6.61 Å². The molecule has 1 aliphatic carbocycles. The number of ether oxygens (including phenoxy) is 1. The molecule has 0 heterocycles. The van der Waals surface area contributed by atoms with Gasteiger partial charge in [-0.25, -0.2) is 4.39 Å². The minimum absolute atomic E-state index is 0.0846. The molecule has 1 atom stereocenters. The minimum atomic E-state index is -0.791. The second-order valence-corrected chi connectivity index (χ2v) is 10.4. The highest BCUT2D eigenvalue weighted by Crippen LogP contribution is 2.28. The lowest BCUT2D eigenvalue weighted by molar-refractivity contribution is -0.143. The lowest BCUT2D eigenvalue weighted by Crippen LogP contribution is -2.53. The number of rotatable bonds is 10. The predicted octanol–water partition coefficient (Wildman–Crippen LogP) is 6.60. The number of amides is 2. The molecule has 1 saturated carbocycles. The summed E-state index contributed by atoms with van der Waals surface area (Å²) in [6.45, 7) is -0.211. The fraction of sp³-hybridized carbons (Fsp3) is 0.333. The number of nitrogens with one attached hydrogen (secondary N) is 1. The van der Waals surface area contributed by atoms with Crippen LogP contribution in [0.5, 0.6) is 5.75 Å². The zero-order valence-electron chi connectivity index (χ0n) is 21.0. The Morgan fingerprint density at radius 2 is 1.66 bits per heavy atom. The van der Waals surface area contributed by atoms with Crippen LogP contribution in [0, 0.1) is 5.82 Å². The van der Waals surface area contributed by atoms with E-state index in [1.165, 1.54) is 29.5 Å². The molecule has 200 valence electrons. The molecule has 1 unspecified atom stereocenters. The number of halogens is 3. The molecule has 8 heteroatoms. The third kappa shape index (κ3) is 7.95. The molecule has 4 rings (SSSR count). The van der Waals surface area contributed by atoms with E-state index in [0.29, 0.717) is 22.8 Å². The number of benzene rings is 3. The maximum Gasteiger partial charge on any atom is 0.261 e. The van der Waals surface area contributed by atoms with Crippen LogP contribution in [0.1, 0.15) is 43.2 Å². The van der Waals surface area contributed by atoms with E-state index in [-0.39, 0.29) is 41.8 Å². The lowest BCUT2D eigenvalue weighted by Gasteiger charge is -2.33. The van der Waals surface area contributed by atoms with E-state index in [1.54, 1.807) is 24.3 Å². The van der Waals surface area contributed by atoms with Gasteiger partial charge < -0.3 is 15.0 Å². The first-order valence-corrected chi connectivity index (χ1v) is 13.6. The number of carbonyl (C=O) groups excluding carboxylic acids is 2. The van der Waals surface area contributed by atoms with Crippen LogP contribution >= 0.6 is 23.2 Å². The highest BCUT2D eigenvalue weighted by molar-refractivity contribution is 6.35. The summed E-state index contributed by atoms with van der Waals surface area (Å²) in [6, 6.07) is 19.6.